The molecule has 0 radical (unpaired) electrons. The van der Waals surface area contributed by atoms with E-state index in [1.54, 1.807) is 0 Å². The lowest BCUT2D eigenvalue weighted by molar-refractivity contribution is -0.161. The fourth-order valence-electron chi connectivity index (χ4n) is 5.57. The molecule has 3 unspecified atom stereocenters. The number of hydrogen-bond donors (Lipinski definition) is 5. The van der Waals surface area contributed by atoms with Gasteiger partial charge in [0.25, 0.3) is 0 Å². The highest BCUT2D eigenvalue weighted by atomic mass is 31.2. The van der Waals surface area contributed by atoms with Crippen LogP contribution in [0.5, 0.6) is 0 Å². The molecule has 55 heavy (non-hydrogen) atoms. The smallest absolute Gasteiger partial charge is 0.462 e. The second-order valence-electron chi connectivity index (χ2n) is 14.3. The normalized spacial score (nSPS) is 15.4. The SMILES string of the molecule is CCCCC/C=C\C/C=C\C/C=C\CC(O)C(O)CCCC(=O)O[C@H](COC(=O)CCCCCCCCCCCCCCC)COP(=O)(O)OC[C@@H](O)CO. The standard InChI is InChI=1S/C42H77O12P/c1-3-5-7-9-11-13-15-17-19-21-23-25-27-31-41(47)51-35-38(36-53-55(49,50)52-34-37(44)33-43)54-42(48)32-28-30-40(46)39(45)29-26-24-22-20-18-16-14-12-10-8-6-4-2/h12,14,18,20,24,26,37-40,43-46H,3-11,13,15-17,19,21-23,25,27-36H2,1-2H3,(H,49,50)/b14-12-,20-18-,26-24-/t37-,38+,39?,40?/m0/s1. The average Bonchev–Trinajstić information content (AvgIpc) is 3.17. The Bertz CT molecular complexity index is 1050. The monoisotopic (exact) mass is 805 g/mol. The number of aliphatic hydroxyl groups is 4. The third kappa shape index (κ3) is 36.2. The van der Waals surface area contributed by atoms with Crippen LogP contribution in [0.3, 0.4) is 0 Å². The van der Waals surface area contributed by atoms with Gasteiger partial charge in [-0.3, -0.25) is 18.6 Å². The van der Waals surface area contributed by atoms with Crippen molar-refractivity contribution >= 4 is 19.8 Å². The third-order valence-corrected chi connectivity index (χ3v) is 9.95. The molecule has 13 heteroatoms. The van der Waals surface area contributed by atoms with E-state index in [0.29, 0.717) is 6.42 Å². The molecule has 0 amide bonds. The van der Waals surface area contributed by atoms with Gasteiger partial charge in [0, 0.05) is 12.8 Å². The molecule has 0 aliphatic carbocycles. The Morgan fingerprint density at radius 1 is 0.600 bits per heavy atom. The van der Waals surface area contributed by atoms with Gasteiger partial charge in [0.1, 0.15) is 12.7 Å². The van der Waals surface area contributed by atoms with Crippen molar-refractivity contribution in [2.75, 3.05) is 26.4 Å². The fraction of sp³-hybridized carbons (Fsp3) is 0.810. The molecule has 0 fully saturated rings. The van der Waals surface area contributed by atoms with Gasteiger partial charge in [0.15, 0.2) is 6.10 Å². The molecule has 0 aromatic rings. The van der Waals surface area contributed by atoms with Gasteiger partial charge in [0.2, 0.25) is 0 Å². The lowest BCUT2D eigenvalue weighted by atomic mass is 10.0. The van der Waals surface area contributed by atoms with Crippen LogP contribution in [0.25, 0.3) is 0 Å². The summed E-state index contributed by atoms with van der Waals surface area (Å²) in [6, 6.07) is 0. The first kappa shape index (κ1) is 53.1. The average molecular weight is 805 g/mol. The molecular weight excluding hydrogens is 727 g/mol. The van der Waals surface area contributed by atoms with Crippen molar-refractivity contribution in [1.29, 1.82) is 0 Å². The molecule has 0 aromatic carbocycles. The predicted octanol–water partition coefficient (Wildman–Crippen LogP) is 8.72. The van der Waals surface area contributed by atoms with E-state index in [1.807, 2.05) is 12.2 Å². The summed E-state index contributed by atoms with van der Waals surface area (Å²) < 4.78 is 32.5. The van der Waals surface area contributed by atoms with E-state index in [1.165, 1.54) is 77.0 Å². The number of aliphatic hydroxyl groups excluding tert-OH is 4. The summed E-state index contributed by atoms with van der Waals surface area (Å²) in [6.07, 6.45) is 29.9. The van der Waals surface area contributed by atoms with Gasteiger partial charge in [-0.1, -0.05) is 140 Å². The lowest BCUT2D eigenvalue weighted by Crippen LogP contribution is -2.30. The zero-order valence-corrected chi connectivity index (χ0v) is 35.0. The van der Waals surface area contributed by atoms with Crippen LogP contribution in [0.15, 0.2) is 36.5 Å². The molecule has 0 aromatic heterocycles. The Kier molecular flexibility index (Phi) is 36.4. The maximum Gasteiger partial charge on any atom is 0.472 e. The van der Waals surface area contributed by atoms with E-state index in [-0.39, 0.29) is 32.1 Å². The Morgan fingerprint density at radius 3 is 1.71 bits per heavy atom. The second kappa shape index (κ2) is 37.7. The van der Waals surface area contributed by atoms with Crippen molar-refractivity contribution in [3.8, 4) is 0 Å². The van der Waals surface area contributed by atoms with E-state index in [2.05, 4.69) is 42.7 Å². The van der Waals surface area contributed by atoms with Crippen LogP contribution in [0.4, 0.5) is 0 Å². The van der Waals surface area contributed by atoms with Crippen LogP contribution in [-0.4, -0.2) is 88.1 Å². The zero-order chi connectivity index (χ0) is 40.8. The molecule has 0 aliphatic rings. The van der Waals surface area contributed by atoms with E-state index in [9.17, 15) is 34.4 Å². The van der Waals surface area contributed by atoms with Gasteiger partial charge < -0.3 is 34.8 Å². The molecule has 0 aliphatic heterocycles. The molecule has 0 spiro atoms. The number of esters is 2. The molecule has 322 valence electrons. The summed E-state index contributed by atoms with van der Waals surface area (Å²) in [4.78, 5) is 35.0. The first-order valence-corrected chi connectivity index (χ1v) is 22.6. The van der Waals surface area contributed by atoms with Crippen LogP contribution in [0.1, 0.15) is 168 Å². The molecule has 0 bridgehead atoms. The van der Waals surface area contributed by atoms with Crippen molar-refractivity contribution in [2.45, 2.75) is 192 Å². The first-order valence-electron chi connectivity index (χ1n) is 21.1. The summed E-state index contributed by atoms with van der Waals surface area (Å²) in [6.45, 7) is 2.01. The molecule has 5 atom stereocenters. The number of rotatable bonds is 39. The summed E-state index contributed by atoms with van der Waals surface area (Å²) >= 11 is 0. The number of phosphoric ester groups is 1. The van der Waals surface area contributed by atoms with Gasteiger partial charge in [0.05, 0.1) is 32.0 Å². The molecule has 12 nitrogen and oxygen atoms in total. The van der Waals surface area contributed by atoms with Crippen molar-refractivity contribution in [3.05, 3.63) is 36.5 Å². The van der Waals surface area contributed by atoms with E-state index >= 15 is 0 Å². The number of phosphoric acid groups is 1. The number of carbonyl (C=O) groups excluding carboxylic acids is 2. The van der Waals surface area contributed by atoms with Crippen molar-refractivity contribution < 1.29 is 58.0 Å². The van der Waals surface area contributed by atoms with Crippen molar-refractivity contribution in [1.82, 2.24) is 0 Å². The molecule has 0 heterocycles. The van der Waals surface area contributed by atoms with E-state index in [0.717, 1.165) is 38.5 Å². The molecule has 0 saturated carbocycles. The highest BCUT2D eigenvalue weighted by Crippen LogP contribution is 2.43. The number of unbranched alkanes of at least 4 members (excludes halogenated alkanes) is 15. The van der Waals surface area contributed by atoms with E-state index < -0.39 is 70.6 Å². The Labute approximate surface area is 332 Å². The highest BCUT2D eigenvalue weighted by Gasteiger charge is 2.27. The van der Waals surface area contributed by atoms with Crippen LogP contribution in [0, 0.1) is 0 Å². The predicted molar refractivity (Wildman–Crippen MR) is 217 cm³/mol. The first-order chi connectivity index (χ1) is 26.5. The Hall–Kier alpha value is -1.89. The lowest BCUT2D eigenvalue weighted by Gasteiger charge is -2.20. The zero-order valence-electron chi connectivity index (χ0n) is 34.1. The maximum atomic E-state index is 12.6. The maximum absolute atomic E-state index is 12.6. The van der Waals surface area contributed by atoms with Gasteiger partial charge >= 0.3 is 19.8 Å². The highest BCUT2D eigenvalue weighted by molar-refractivity contribution is 7.47. The van der Waals surface area contributed by atoms with Crippen LogP contribution >= 0.6 is 7.82 Å². The molecule has 0 rings (SSSR count). The third-order valence-electron chi connectivity index (χ3n) is 9.00. The second-order valence-corrected chi connectivity index (χ2v) is 15.8. The van der Waals surface area contributed by atoms with Crippen LogP contribution in [-0.2, 0) is 32.7 Å². The number of ether oxygens (including phenoxy) is 2. The number of hydrogen-bond acceptors (Lipinski definition) is 11. The van der Waals surface area contributed by atoms with Gasteiger partial charge in [-0.05, 0) is 51.4 Å². The fourth-order valence-corrected chi connectivity index (χ4v) is 6.36. The molecule has 0 saturated heterocycles. The van der Waals surface area contributed by atoms with Gasteiger partial charge in [-0.25, -0.2) is 4.57 Å². The Morgan fingerprint density at radius 2 is 1.11 bits per heavy atom. The van der Waals surface area contributed by atoms with Crippen molar-refractivity contribution in [2.24, 2.45) is 0 Å². The summed E-state index contributed by atoms with van der Waals surface area (Å²) in [5.74, 6) is -1.21. The topological polar surface area (TPSA) is 189 Å². The van der Waals surface area contributed by atoms with Gasteiger partial charge in [-0.15, -0.1) is 0 Å². The summed E-state index contributed by atoms with van der Waals surface area (Å²) in [5.41, 5.74) is 0. The number of allylic oxidation sites excluding steroid dienone is 5. The minimum absolute atomic E-state index is 0.128. The summed E-state index contributed by atoms with van der Waals surface area (Å²) in [7, 11) is -4.69. The van der Waals surface area contributed by atoms with Crippen LogP contribution in [0.2, 0.25) is 0 Å². The molecular formula is C42H77O12P. The Balaban J connectivity index is 4.57. The minimum atomic E-state index is -4.69. The van der Waals surface area contributed by atoms with Crippen molar-refractivity contribution in [3.63, 3.8) is 0 Å². The number of carbonyl (C=O) groups is 2. The largest absolute Gasteiger partial charge is 0.472 e. The summed E-state index contributed by atoms with van der Waals surface area (Å²) in [5, 5.41) is 39.0. The van der Waals surface area contributed by atoms with Gasteiger partial charge in [-0.2, -0.15) is 0 Å². The molecule has 5 N–H and O–H groups in total. The van der Waals surface area contributed by atoms with E-state index in [4.69, 9.17) is 19.1 Å². The minimum Gasteiger partial charge on any atom is -0.462 e. The van der Waals surface area contributed by atoms with Crippen LogP contribution < -0.4 is 0 Å². The quantitative estimate of drug-likeness (QED) is 0.0172.